The maximum absolute atomic E-state index is 8.81. The van der Waals surface area contributed by atoms with E-state index in [1.54, 1.807) is 6.08 Å². The Kier molecular flexibility index (Phi) is 2.36. The van der Waals surface area contributed by atoms with Crippen LogP contribution in [0.15, 0.2) is 23.3 Å². The van der Waals surface area contributed by atoms with Gasteiger partial charge in [-0.3, -0.25) is 0 Å². The van der Waals surface area contributed by atoms with Crippen LogP contribution in [0.5, 0.6) is 0 Å². The van der Waals surface area contributed by atoms with Gasteiger partial charge in [-0.15, -0.1) is 0 Å². The Morgan fingerprint density at radius 2 is 2.09 bits per heavy atom. The smallest absolute Gasteiger partial charge is 0.423 e. The van der Waals surface area contributed by atoms with Gasteiger partial charge in [-0.2, -0.15) is 0 Å². The third-order valence-electron chi connectivity index (χ3n) is 1.89. The second-order valence-corrected chi connectivity index (χ2v) is 2.78. The van der Waals surface area contributed by atoms with Crippen LogP contribution in [-0.2, 0) is 0 Å². The first-order chi connectivity index (χ1) is 5.11. The van der Waals surface area contributed by atoms with Crippen molar-refractivity contribution in [2.45, 2.75) is 6.92 Å². The summed E-state index contributed by atoms with van der Waals surface area (Å²) in [5, 5.41) is 17.6. The summed E-state index contributed by atoms with van der Waals surface area (Å²) in [5.41, 5.74) is 1.77. The summed E-state index contributed by atoms with van der Waals surface area (Å²) >= 11 is 0. The minimum atomic E-state index is -1.32. The van der Waals surface area contributed by atoms with Gasteiger partial charge in [0.1, 0.15) is 0 Å². The molecular weight excluding hydrogens is 141 g/mol. The van der Waals surface area contributed by atoms with Crippen molar-refractivity contribution in [2.75, 3.05) is 13.6 Å². The Labute approximate surface area is 66.8 Å². The SMILES string of the molecule is CC1=CC=C(B(O)O)CN1C. The average molecular weight is 153 g/mol. The van der Waals surface area contributed by atoms with Gasteiger partial charge in [-0.25, -0.2) is 0 Å². The van der Waals surface area contributed by atoms with E-state index < -0.39 is 7.12 Å². The molecule has 1 aliphatic rings. The maximum atomic E-state index is 8.81. The van der Waals surface area contributed by atoms with Crippen LogP contribution in [0.2, 0.25) is 0 Å². The zero-order valence-electron chi connectivity index (χ0n) is 6.78. The van der Waals surface area contributed by atoms with E-state index in [1.807, 2.05) is 24.9 Å². The van der Waals surface area contributed by atoms with Crippen molar-refractivity contribution in [1.29, 1.82) is 0 Å². The van der Waals surface area contributed by atoms with Crippen molar-refractivity contribution >= 4 is 7.12 Å². The minimum Gasteiger partial charge on any atom is -0.423 e. The maximum Gasteiger partial charge on any atom is 0.485 e. The van der Waals surface area contributed by atoms with Crippen LogP contribution in [0.25, 0.3) is 0 Å². The highest BCUT2D eigenvalue weighted by Crippen LogP contribution is 2.11. The van der Waals surface area contributed by atoms with Gasteiger partial charge in [0.15, 0.2) is 0 Å². The summed E-state index contributed by atoms with van der Waals surface area (Å²) < 4.78 is 0. The minimum absolute atomic E-state index is 0.597. The molecule has 0 radical (unpaired) electrons. The van der Waals surface area contributed by atoms with Crippen molar-refractivity contribution in [2.24, 2.45) is 0 Å². The van der Waals surface area contributed by atoms with E-state index in [0.29, 0.717) is 12.0 Å². The highest BCUT2D eigenvalue weighted by Gasteiger charge is 2.18. The lowest BCUT2D eigenvalue weighted by Gasteiger charge is -2.24. The summed E-state index contributed by atoms with van der Waals surface area (Å²) in [6, 6.07) is 0. The Bertz CT molecular complexity index is 210. The molecule has 0 bridgehead atoms. The van der Waals surface area contributed by atoms with Gasteiger partial charge in [0.25, 0.3) is 0 Å². The molecule has 1 heterocycles. The van der Waals surface area contributed by atoms with Gasteiger partial charge in [0.2, 0.25) is 0 Å². The Balaban J connectivity index is 2.73. The Morgan fingerprint density at radius 1 is 1.45 bits per heavy atom. The van der Waals surface area contributed by atoms with Gasteiger partial charge in [-0.05, 0) is 18.5 Å². The van der Waals surface area contributed by atoms with Crippen LogP contribution in [-0.4, -0.2) is 35.7 Å². The molecule has 0 saturated carbocycles. The molecule has 3 nitrogen and oxygen atoms in total. The zero-order valence-corrected chi connectivity index (χ0v) is 6.78. The molecule has 60 valence electrons. The summed E-state index contributed by atoms with van der Waals surface area (Å²) in [7, 11) is 0.600. The molecular formula is C7H12BNO2. The van der Waals surface area contributed by atoms with Gasteiger partial charge < -0.3 is 14.9 Å². The lowest BCUT2D eigenvalue weighted by Crippen LogP contribution is -2.29. The van der Waals surface area contributed by atoms with Crippen LogP contribution in [0.4, 0.5) is 0 Å². The summed E-state index contributed by atoms with van der Waals surface area (Å²) in [4.78, 5) is 1.97. The Hall–Kier alpha value is -0.735. The topological polar surface area (TPSA) is 43.7 Å². The average Bonchev–Trinajstić information content (AvgIpc) is 1.94. The summed E-state index contributed by atoms with van der Waals surface area (Å²) in [6.45, 7) is 2.58. The molecule has 0 aliphatic carbocycles. The first-order valence-electron chi connectivity index (χ1n) is 3.56. The number of nitrogens with zero attached hydrogens (tertiary/aromatic N) is 1. The predicted molar refractivity (Wildman–Crippen MR) is 44.7 cm³/mol. The van der Waals surface area contributed by atoms with E-state index in [9.17, 15) is 0 Å². The summed E-state index contributed by atoms with van der Waals surface area (Å²) in [5.74, 6) is 0. The molecule has 0 unspecified atom stereocenters. The zero-order chi connectivity index (χ0) is 8.43. The first kappa shape index (κ1) is 8.36. The molecule has 1 aliphatic heterocycles. The Morgan fingerprint density at radius 3 is 2.55 bits per heavy atom. The van der Waals surface area contributed by atoms with E-state index >= 15 is 0 Å². The second-order valence-electron chi connectivity index (χ2n) is 2.78. The number of likely N-dealkylation sites (N-methyl/N-ethyl adjacent to an activating group) is 1. The van der Waals surface area contributed by atoms with E-state index in [-0.39, 0.29) is 0 Å². The fraction of sp³-hybridized carbons (Fsp3) is 0.429. The van der Waals surface area contributed by atoms with Crippen molar-refractivity contribution in [3.63, 3.8) is 0 Å². The molecule has 2 N–H and O–H groups in total. The van der Waals surface area contributed by atoms with Crippen molar-refractivity contribution in [3.05, 3.63) is 23.3 Å². The van der Waals surface area contributed by atoms with Crippen LogP contribution in [0.3, 0.4) is 0 Å². The van der Waals surface area contributed by atoms with Crippen molar-refractivity contribution in [1.82, 2.24) is 4.90 Å². The van der Waals surface area contributed by atoms with E-state index in [1.165, 1.54) is 0 Å². The number of allylic oxidation sites excluding steroid dienone is 3. The number of rotatable bonds is 1. The molecule has 0 spiro atoms. The van der Waals surface area contributed by atoms with E-state index in [4.69, 9.17) is 10.0 Å². The van der Waals surface area contributed by atoms with E-state index in [2.05, 4.69) is 0 Å². The molecule has 0 fully saturated rings. The second kappa shape index (κ2) is 3.11. The lowest BCUT2D eigenvalue weighted by molar-refractivity contribution is 0.397. The fourth-order valence-corrected chi connectivity index (χ4v) is 0.974. The van der Waals surface area contributed by atoms with Crippen LogP contribution >= 0.6 is 0 Å². The van der Waals surface area contributed by atoms with Gasteiger partial charge in [0.05, 0.1) is 0 Å². The van der Waals surface area contributed by atoms with Crippen molar-refractivity contribution in [3.8, 4) is 0 Å². The molecule has 0 saturated heterocycles. The number of hydrogen-bond donors (Lipinski definition) is 2. The molecule has 1 rings (SSSR count). The molecule has 0 aromatic rings. The number of hydrogen-bond acceptors (Lipinski definition) is 3. The normalized spacial score (nSPS) is 17.6. The molecule has 11 heavy (non-hydrogen) atoms. The van der Waals surface area contributed by atoms with Crippen LogP contribution in [0.1, 0.15) is 6.92 Å². The molecule has 0 amide bonds. The standard InChI is InChI=1S/C7H12BNO2/c1-6-3-4-7(8(10)11)5-9(6)2/h3-4,10-11H,5H2,1-2H3. The summed E-state index contributed by atoms with van der Waals surface area (Å²) in [6.07, 6.45) is 3.62. The first-order valence-corrected chi connectivity index (χ1v) is 3.56. The van der Waals surface area contributed by atoms with Gasteiger partial charge in [0, 0.05) is 19.3 Å². The molecule has 4 heteroatoms. The fourth-order valence-electron chi connectivity index (χ4n) is 0.974. The van der Waals surface area contributed by atoms with Crippen LogP contribution in [0, 0.1) is 0 Å². The van der Waals surface area contributed by atoms with Crippen molar-refractivity contribution < 1.29 is 10.0 Å². The van der Waals surface area contributed by atoms with Gasteiger partial charge in [-0.1, -0.05) is 6.08 Å². The molecule has 0 aromatic heterocycles. The monoisotopic (exact) mass is 153 g/mol. The lowest BCUT2D eigenvalue weighted by atomic mass is 9.77. The highest BCUT2D eigenvalue weighted by atomic mass is 16.4. The third kappa shape index (κ3) is 1.85. The highest BCUT2D eigenvalue weighted by molar-refractivity contribution is 6.51. The predicted octanol–water partition coefficient (Wildman–Crippen LogP) is -0.226. The van der Waals surface area contributed by atoms with Crippen LogP contribution < -0.4 is 0 Å². The third-order valence-corrected chi connectivity index (χ3v) is 1.89. The van der Waals surface area contributed by atoms with Gasteiger partial charge >= 0.3 is 7.12 Å². The molecule has 0 atom stereocenters. The largest absolute Gasteiger partial charge is 0.485 e. The van der Waals surface area contributed by atoms with E-state index in [0.717, 1.165) is 5.70 Å². The molecule has 0 aromatic carbocycles. The quantitative estimate of drug-likeness (QED) is 0.511.